The Morgan fingerprint density at radius 1 is 1.07 bits per heavy atom. The van der Waals surface area contributed by atoms with Crippen molar-refractivity contribution in [2.24, 2.45) is 0 Å². The minimum atomic E-state index is 0.206. The molecule has 0 unspecified atom stereocenters. The Balaban J connectivity index is 1.45. The predicted molar refractivity (Wildman–Crippen MR) is 125 cm³/mol. The molecule has 4 nitrogen and oxygen atoms in total. The maximum Gasteiger partial charge on any atom is 0.263 e. The van der Waals surface area contributed by atoms with Crippen LogP contribution in [-0.4, -0.2) is 21.9 Å². The third kappa shape index (κ3) is 4.04. The number of thioether (sulfide) groups is 1. The molecule has 6 heteroatoms. The number of nitrogens with zero attached hydrogens (tertiary/aromatic N) is 2. The van der Waals surface area contributed by atoms with Crippen LogP contribution in [0, 0.1) is 0 Å². The highest BCUT2D eigenvalue weighted by Gasteiger charge is 2.26. The zero-order valence-electron chi connectivity index (χ0n) is 17.3. The lowest BCUT2D eigenvalue weighted by atomic mass is 9.94. The fourth-order valence-electron chi connectivity index (χ4n) is 4.77. The second kappa shape index (κ2) is 9.15. The fraction of sp³-hybridized carbons (Fsp3) is 0.500. The van der Waals surface area contributed by atoms with Crippen LogP contribution in [0.1, 0.15) is 61.4 Å². The van der Waals surface area contributed by atoms with Crippen LogP contribution in [-0.2, 0) is 12.8 Å². The van der Waals surface area contributed by atoms with Crippen LogP contribution in [0.25, 0.3) is 10.2 Å². The molecule has 0 N–H and O–H groups in total. The largest absolute Gasteiger partial charge is 0.493 e. The highest BCUT2D eigenvalue weighted by Crippen LogP contribution is 2.37. The first-order valence-corrected chi connectivity index (χ1v) is 13.0. The van der Waals surface area contributed by atoms with E-state index in [0.717, 1.165) is 52.6 Å². The van der Waals surface area contributed by atoms with Gasteiger partial charge in [0.05, 0.1) is 12.0 Å². The van der Waals surface area contributed by atoms with Crippen LogP contribution in [0.15, 0.2) is 40.3 Å². The lowest BCUT2D eigenvalue weighted by Gasteiger charge is -2.26. The molecular weight excluding hydrogens is 412 g/mol. The van der Waals surface area contributed by atoms with E-state index in [1.807, 2.05) is 30.3 Å². The predicted octanol–water partition coefficient (Wildman–Crippen LogP) is 6.01. The number of aromatic nitrogens is 2. The summed E-state index contributed by atoms with van der Waals surface area (Å²) in [5.41, 5.74) is 1.50. The maximum absolute atomic E-state index is 13.7. The van der Waals surface area contributed by atoms with Crippen molar-refractivity contribution in [2.45, 2.75) is 69.0 Å². The maximum atomic E-state index is 13.7. The van der Waals surface area contributed by atoms with Crippen LogP contribution in [0.4, 0.5) is 0 Å². The number of rotatable bonds is 6. The Labute approximate surface area is 185 Å². The molecule has 2 aliphatic rings. The molecule has 2 heterocycles. The van der Waals surface area contributed by atoms with E-state index in [-0.39, 0.29) is 5.56 Å². The molecule has 1 aromatic carbocycles. The lowest BCUT2D eigenvalue weighted by molar-refractivity contribution is 0.325. The summed E-state index contributed by atoms with van der Waals surface area (Å²) in [6.07, 6.45) is 10.4. The highest BCUT2D eigenvalue weighted by molar-refractivity contribution is 7.99. The second-order valence-electron chi connectivity index (χ2n) is 8.26. The minimum Gasteiger partial charge on any atom is -0.493 e. The Kier molecular flexibility index (Phi) is 6.14. The number of fused-ring (bicyclic) bond motifs is 3. The second-order valence-corrected chi connectivity index (χ2v) is 10.4. The molecule has 0 spiro atoms. The molecular formula is C24H28N2O2S2. The van der Waals surface area contributed by atoms with Crippen molar-refractivity contribution in [1.82, 2.24) is 9.55 Å². The average molecular weight is 441 g/mol. The molecule has 0 saturated heterocycles. The van der Waals surface area contributed by atoms with Crippen molar-refractivity contribution in [2.75, 3.05) is 12.4 Å². The number of hydrogen-bond acceptors (Lipinski definition) is 5. The van der Waals surface area contributed by atoms with Crippen molar-refractivity contribution in [3.63, 3.8) is 0 Å². The van der Waals surface area contributed by atoms with Crippen molar-refractivity contribution in [1.29, 1.82) is 0 Å². The summed E-state index contributed by atoms with van der Waals surface area (Å²) < 4.78 is 7.92. The van der Waals surface area contributed by atoms with Gasteiger partial charge in [-0.25, -0.2) is 4.98 Å². The number of ether oxygens (including phenoxy) is 1. The van der Waals surface area contributed by atoms with Gasteiger partial charge in [-0.1, -0.05) is 49.2 Å². The molecule has 2 aliphatic carbocycles. The number of thiophene rings is 1. The SMILES string of the molecule is O=c1c2c3c(sc2nc(SCCOc2ccccc2)n1C1CCCCC1)CCCC3. The van der Waals surface area contributed by atoms with E-state index >= 15 is 0 Å². The van der Waals surface area contributed by atoms with Crippen LogP contribution >= 0.6 is 23.1 Å². The smallest absolute Gasteiger partial charge is 0.263 e. The fourth-order valence-corrected chi connectivity index (χ4v) is 6.96. The number of aryl methyl sites for hydroxylation is 2. The first kappa shape index (κ1) is 20.1. The van der Waals surface area contributed by atoms with Gasteiger partial charge in [0.15, 0.2) is 5.16 Å². The van der Waals surface area contributed by atoms with Gasteiger partial charge in [0, 0.05) is 16.7 Å². The molecule has 5 rings (SSSR count). The van der Waals surface area contributed by atoms with Crippen LogP contribution in [0.3, 0.4) is 0 Å². The van der Waals surface area contributed by atoms with Gasteiger partial charge < -0.3 is 4.74 Å². The van der Waals surface area contributed by atoms with E-state index in [4.69, 9.17) is 9.72 Å². The minimum absolute atomic E-state index is 0.206. The van der Waals surface area contributed by atoms with Gasteiger partial charge in [-0.05, 0) is 56.2 Å². The highest BCUT2D eigenvalue weighted by atomic mass is 32.2. The van der Waals surface area contributed by atoms with E-state index in [9.17, 15) is 4.79 Å². The summed E-state index contributed by atoms with van der Waals surface area (Å²) in [4.78, 5) is 21.1. The van der Waals surface area contributed by atoms with Gasteiger partial charge in [0.2, 0.25) is 0 Å². The molecule has 0 bridgehead atoms. The quantitative estimate of drug-likeness (QED) is 0.267. The first-order chi connectivity index (χ1) is 14.8. The Bertz CT molecular complexity index is 1070. The van der Waals surface area contributed by atoms with E-state index in [0.29, 0.717) is 12.6 Å². The molecule has 30 heavy (non-hydrogen) atoms. The Hall–Kier alpha value is -1.79. The van der Waals surface area contributed by atoms with Gasteiger partial charge in [0.25, 0.3) is 5.56 Å². The molecule has 3 aromatic rings. The van der Waals surface area contributed by atoms with Crippen molar-refractivity contribution >= 4 is 33.3 Å². The van der Waals surface area contributed by atoms with Crippen molar-refractivity contribution < 1.29 is 4.74 Å². The summed E-state index contributed by atoms with van der Waals surface area (Å²) in [6.45, 7) is 0.605. The summed E-state index contributed by atoms with van der Waals surface area (Å²) in [7, 11) is 0. The van der Waals surface area contributed by atoms with Crippen molar-refractivity contribution in [3.05, 3.63) is 51.1 Å². The summed E-state index contributed by atoms with van der Waals surface area (Å²) in [5, 5.41) is 1.81. The Morgan fingerprint density at radius 3 is 2.70 bits per heavy atom. The van der Waals surface area contributed by atoms with Gasteiger partial charge >= 0.3 is 0 Å². The van der Waals surface area contributed by atoms with Crippen LogP contribution in [0.5, 0.6) is 5.75 Å². The lowest BCUT2D eigenvalue weighted by Crippen LogP contribution is -2.29. The summed E-state index contributed by atoms with van der Waals surface area (Å²) in [6, 6.07) is 10.2. The third-order valence-corrected chi connectivity index (χ3v) is 8.36. The van der Waals surface area contributed by atoms with E-state index in [2.05, 4.69) is 4.57 Å². The molecule has 0 amide bonds. The van der Waals surface area contributed by atoms with Crippen molar-refractivity contribution in [3.8, 4) is 5.75 Å². The molecule has 0 atom stereocenters. The number of benzene rings is 1. The molecule has 0 radical (unpaired) electrons. The summed E-state index contributed by atoms with van der Waals surface area (Å²) >= 11 is 3.42. The standard InChI is InChI=1S/C24H28N2O2S2/c27-23-21-19-13-7-8-14-20(19)30-22(21)25-24(26(23)17-9-3-1-4-10-17)29-16-15-28-18-11-5-2-6-12-18/h2,5-6,11-12,17H,1,3-4,7-10,13-16H2. The van der Waals surface area contributed by atoms with E-state index < -0.39 is 0 Å². The van der Waals surface area contributed by atoms with Crippen LogP contribution < -0.4 is 10.3 Å². The number of hydrogen-bond donors (Lipinski definition) is 0. The van der Waals surface area contributed by atoms with Gasteiger partial charge in [0.1, 0.15) is 10.6 Å². The summed E-state index contributed by atoms with van der Waals surface area (Å²) in [5.74, 6) is 1.67. The van der Waals surface area contributed by atoms with Gasteiger partial charge in [-0.2, -0.15) is 0 Å². The number of para-hydroxylation sites is 1. The van der Waals surface area contributed by atoms with Crippen LogP contribution in [0.2, 0.25) is 0 Å². The third-order valence-electron chi connectivity index (χ3n) is 6.25. The van der Waals surface area contributed by atoms with Gasteiger partial charge in [-0.15, -0.1) is 11.3 Å². The zero-order chi connectivity index (χ0) is 20.3. The van der Waals surface area contributed by atoms with Gasteiger partial charge in [-0.3, -0.25) is 9.36 Å². The molecule has 158 valence electrons. The Morgan fingerprint density at radius 2 is 1.87 bits per heavy atom. The molecule has 0 aliphatic heterocycles. The molecule has 1 fully saturated rings. The zero-order valence-corrected chi connectivity index (χ0v) is 18.9. The topological polar surface area (TPSA) is 44.1 Å². The average Bonchev–Trinajstić information content (AvgIpc) is 3.17. The van der Waals surface area contributed by atoms with E-state index in [1.165, 1.54) is 42.5 Å². The monoisotopic (exact) mass is 440 g/mol. The first-order valence-electron chi connectivity index (χ1n) is 11.2. The molecule has 2 aromatic heterocycles. The normalized spacial score (nSPS) is 17.2. The van der Waals surface area contributed by atoms with E-state index in [1.54, 1.807) is 23.1 Å². The molecule has 1 saturated carbocycles.